The fourth-order valence-electron chi connectivity index (χ4n) is 1.90. The van der Waals surface area contributed by atoms with Crippen LogP contribution >= 0.6 is 12.2 Å². The number of hydrogen-bond donors (Lipinski definition) is 2. The third kappa shape index (κ3) is 3.29. The highest BCUT2D eigenvalue weighted by Crippen LogP contribution is 2.22. The smallest absolute Gasteiger partial charge is 0.238 e. The zero-order valence-electron chi connectivity index (χ0n) is 11.2. The number of carbonyl (C=O) groups is 1. The van der Waals surface area contributed by atoms with Crippen LogP contribution in [0, 0.1) is 6.92 Å². The molecule has 102 valence electrons. The van der Waals surface area contributed by atoms with E-state index in [9.17, 15) is 4.79 Å². The molecule has 0 spiro atoms. The van der Waals surface area contributed by atoms with Gasteiger partial charge in [-0.05, 0) is 24.6 Å². The molecule has 0 saturated carbocycles. The van der Waals surface area contributed by atoms with Crippen molar-refractivity contribution in [3.05, 3.63) is 65.2 Å². The van der Waals surface area contributed by atoms with Gasteiger partial charge in [0.15, 0.2) is 0 Å². The maximum Gasteiger partial charge on any atom is 0.238 e. The molecule has 0 saturated heterocycles. The van der Waals surface area contributed by atoms with Gasteiger partial charge in [0.25, 0.3) is 0 Å². The van der Waals surface area contributed by atoms with E-state index in [0.29, 0.717) is 10.6 Å². The van der Waals surface area contributed by atoms with Gasteiger partial charge < -0.3 is 11.1 Å². The average Bonchev–Trinajstić information content (AvgIpc) is 2.49. The van der Waals surface area contributed by atoms with Crippen molar-refractivity contribution in [2.24, 2.45) is 5.73 Å². The van der Waals surface area contributed by atoms with Crippen LogP contribution in [0.2, 0.25) is 0 Å². The van der Waals surface area contributed by atoms with E-state index in [2.05, 4.69) is 5.32 Å². The maximum atomic E-state index is 11.5. The molecule has 0 aliphatic heterocycles. The number of aryl methyl sites for hydroxylation is 1. The fraction of sp³-hybridized carbons (Fsp3) is 0.125. The number of amides is 1. The van der Waals surface area contributed by atoms with Crippen LogP contribution < -0.4 is 11.1 Å². The molecular formula is C16H16N2OS. The second kappa shape index (κ2) is 6.41. The molecule has 0 heterocycles. The van der Waals surface area contributed by atoms with E-state index in [0.717, 1.165) is 16.7 Å². The Kier molecular flexibility index (Phi) is 4.61. The van der Waals surface area contributed by atoms with Gasteiger partial charge in [0, 0.05) is 11.3 Å². The Morgan fingerprint density at radius 3 is 2.55 bits per heavy atom. The predicted octanol–water partition coefficient (Wildman–Crippen LogP) is 2.66. The van der Waals surface area contributed by atoms with E-state index in [4.69, 9.17) is 18.0 Å². The summed E-state index contributed by atoms with van der Waals surface area (Å²) < 4.78 is 0. The van der Waals surface area contributed by atoms with Gasteiger partial charge in [0.05, 0.1) is 11.4 Å². The van der Waals surface area contributed by atoms with Gasteiger partial charge in [-0.25, -0.2) is 0 Å². The number of thiocarbonyl (C=S) groups is 1. The number of anilines is 1. The van der Waals surface area contributed by atoms with E-state index < -0.39 is 0 Å². The Morgan fingerprint density at radius 1 is 1.20 bits per heavy atom. The summed E-state index contributed by atoms with van der Waals surface area (Å²) in [5, 5.41) is 2.79. The quantitative estimate of drug-likeness (QED) is 0.670. The molecule has 0 aromatic heterocycles. The summed E-state index contributed by atoms with van der Waals surface area (Å²) in [5.41, 5.74) is 8.92. The second-order valence-electron chi connectivity index (χ2n) is 4.50. The fourth-order valence-corrected chi connectivity index (χ4v) is 2.21. The van der Waals surface area contributed by atoms with Crippen LogP contribution in [-0.4, -0.2) is 17.3 Å². The van der Waals surface area contributed by atoms with Crippen LogP contribution in [0.4, 0.5) is 5.69 Å². The third-order valence-corrected chi connectivity index (χ3v) is 3.37. The predicted molar refractivity (Wildman–Crippen MR) is 86.1 cm³/mol. The minimum absolute atomic E-state index is 0.0502. The minimum atomic E-state index is -0.231. The number of nitrogens with two attached hydrogens (primary N) is 1. The van der Waals surface area contributed by atoms with Crippen molar-refractivity contribution in [3.8, 4) is 0 Å². The van der Waals surface area contributed by atoms with Crippen molar-refractivity contribution < 1.29 is 4.79 Å². The molecule has 0 atom stereocenters. The number of nitrogens with one attached hydrogen (secondary N) is 1. The van der Waals surface area contributed by atoms with Crippen LogP contribution in [-0.2, 0) is 4.79 Å². The molecule has 2 aromatic carbocycles. The minimum Gasteiger partial charge on any atom is -0.324 e. The van der Waals surface area contributed by atoms with Crippen molar-refractivity contribution in [2.45, 2.75) is 6.92 Å². The Morgan fingerprint density at radius 2 is 1.90 bits per heavy atom. The summed E-state index contributed by atoms with van der Waals surface area (Å²) >= 11 is 5.54. The zero-order valence-corrected chi connectivity index (χ0v) is 12.0. The molecule has 4 heteroatoms. The Balaban J connectivity index is 2.41. The summed E-state index contributed by atoms with van der Waals surface area (Å²) in [6, 6.07) is 15.5. The number of rotatable bonds is 4. The standard InChI is InChI=1S/C16H16N2OS/c1-11-7-8-14(18-15(19)10-17)13(9-11)16(20)12-5-3-2-4-6-12/h2-9H,10,17H2,1H3,(H,18,19). The zero-order chi connectivity index (χ0) is 14.5. The van der Waals surface area contributed by atoms with E-state index in [1.165, 1.54) is 0 Å². The lowest BCUT2D eigenvalue weighted by molar-refractivity contribution is -0.114. The molecule has 1 amide bonds. The summed E-state index contributed by atoms with van der Waals surface area (Å²) in [7, 11) is 0. The molecule has 0 bridgehead atoms. The first-order valence-corrected chi connectivity index (χ1v) is 6.73. The SMILES string of the molecule is Cc1ccc(NC(=O)CN)c(C(=S)c2ccccc2)c1. The van der Waals surface area contributed by atoms with Gasteiger partial charge in [0.2, 0.25) is 5.91 Å². The largest absolute Gasteiger partial charge is 0.324 e. The van der Waals surface area contributed by atoms with Crippen LogP contribution in [0.3, 0.4) is 0 Å². The van der Waals surface area contributed by atoms with Gasteiger partial charge in [-0.1, -0.05) is 54.2 Å². The Labute approximate surface area is 123 Å². The van der Waals surface area contributed by atoms with Gasteiger partial charge in [0.1, 0.15) is 0 Å². The lowest BCUT2D eigenvalue weighted by Gasteiger charge is -2.13. The average molecular weight is 284 g/mol. The lowest BCUT2D eigenvalue weighted by atomic mass is 10.0. The molecule has 0 aliphatic carbocycles. The molecule has 2 aromatic rings. The van der Waals surface area contributed by atoms with Gasteiger partial charge >= 0.3 is 0 Å². The van der Waals surface area contributed by atoms with Crippen LogP contribution in [0.5, 0.6) is 0 Å². The topological polar surface area (TPSA) is 55.1 Å². The highest BCUT2D eigenvalue weighted by molar-refractivity contribution is 7.81. The highest BCUT2D eigenvalue weighted by atomic mass is 32.1. The lowest BCUT2D eigenvalue weighted by Crippen LogP contribution is -2.23. The van der Waals surface area contributed by atoms with Crippen molar-refractivity contribution >= 4 is 28.7 Å². The number of hydrogen-bond acceptors (Lipinski definition) is 3. The van der Waals surface area contributed by atoms with Gasteiger partial charge in [-0.15, -0.1) is 0 Å². The molecule has 0 unspecified atom stereocenters. The number of carbonyl (C=O) groups excluding carboxylic acids is 1. The van der Waals surface area contributed by atoms with E-state index in [1.807, 2.05) is 55.5 Å². The summed E-state index contributed by atoms with van der Waals surface area (Å²) in [6.45, 7) is 1.94. The molecule has 0 fully saturated rings. The second-order valence-corrected chi connectivity index (χ2v) is 4.90. The van der Waals surface area contributed by atoms with Gasteiger partial charge in [-0.3, -0.25) is 4.79 Å². The third-order valence-electron chi connectivity index (χ3n) is 2.92. The summed E-state index contributed by atoms with van der Waals surface area (Å²) in [4.78, 5) is 12.2. The Hall–Kier alpha value is -2.04. The first kappa shape index (κ1) is 14.4. The van der Waals surface area contributed by atoms with Crippen molar-refractivity contribution in [3.63, 3.8) is 0 Å². The van der Waals surface area contributed by atoms with E-state index >= 15 is 0 Å². The normalized spacial score (nSPS) is 10.1. The first-order chi connectivity index (χ1) is 9.61. The molecule has 0 radical (unpaired) electrons. The maximum absolute atomic E-state index is 11.5. The van der Waals surface area contributed by atoms with E-state index in [-0.39, 0.29) is 12.5 Å². The molecule has 3 nitrogen and oxygen atoms in total. The Bertz CT molecular complexity index is 638. The van der Waals surface area contributed by atoms with Crippen LogP contribution in [0.15, 0.2) is 48.5 Å². The summed E-state index contributed by atoms with van der Waals surface area (Å²) in [6.07, 6.45) is 0. The van der Waals surface area contributed by atoms with Gasteiger partial charge in [-0.2, -0.15) is 0 Å². The molecule has 2 rings (SSSR count). The van der Waals surface area contributed by atoms with Crippen LogP contribution in [0.25, 0.3) is 0 Å². The molecule has 20 heavy (non-hydrogen) atoms. The molecule has 0 aliphatic rings. The highest BCUT2D eigenvalue weighted by Gasteiger charge is 2.11. The molecular weight excluding hydrogens is 268 g/mol. The van der Waals surface area contributed by atoms with Crippen molar-refractivity contribution in [1.29, 1.82) is 0 Å². The first-order valence-electron chi connectivity index (χ1n) is 6.32. The number of benzene rings is 2. The summed E-state index contributed by atoms with van der Waals surface area (Å²) in [5.74, 6) is -0.231. The van der Waals surface area contributed by atoms with Crippen LogP contribution in [0.1, 0.15) is 16.7 Å². The van der Waals surface area contributed by atoms with Crippen molar-refractivity contribution in [2.75, 3.05) is 11.9 Å². The monoisotopic (exact) mass is 284 g/mol. The van der Waals surface area contributed by atoms with Crippen molar-refractivity contribution in [1.82, 2.24) is 0 Å². The molecule has 3 N–H and O–H groups in total. The van der Waals surface area contributed by atoms with E-state index in [1.54, 1.807) is 0 Å².